The van der Waals surface area contributed by atoms with Crippen molar-refractivity contribution >= 4 is 17.3 Å². The fourth-order valence-electron chi connectivity index (χ4n) is 2.02. The van der Waals surface area contributed by atoms with Crippen molar-refractivity contribution < 1.29 is 0 Å². The highest BCUT2D eigenvalue weighted by Crippen LogP contribution is 2.40. The molecule has 0 heterocycles. The molecule has 15 heavy (non-hydrogen) atoms. The molecule has 1 aliphatic carbocycles. The summed E-state index contributed by atoms with van der Waals surface area (Å²) < 4.78 is 0. The molecular formula is C12H17ClN2. The molecule has 0 aromatic heterocycles. The van der Waals surface area contributed by atoms with Gasteiger partial charge in [0, 0.05) is 6.54 Å². The number of nitrogens with one attached hydrogen (secondary N) is 1. The molecule has 0 bridgehead atoms. The van der Waals surface area contributed by atoms with Gasteiger partial charge < -0.3 is 11.1 Å². The number of rotatable bonds is 4. The average molecular weight is 225 g/mol. The highest BCUT2D eigenvalue weighted by molar-refractivity contribution is 6.33. The van der Waals surface area contributed by atoms with Crippen molar-refractivity contribution in [3.63, 3.8) is 0 Å². The third kappa shape index (κ3) is 2.27. The molecule has 0 atom stereocenters. The Morgan fingerprint density at radius 1 is 1.33 bits per heavy atom. The summed E-state index contributed by atoms with van der Waals surface area (Å²) in [5.74, 6) is 0. The molecule has 82 valence electrons. The van der Waals surface area contributed by atoms with Gasteiger partial charge in [0.25, 0.3) is 0 Å². The molecule has 0 unspecified atom stereocenters. The summed E-state index contributed by atoms with van der Waals surface area (Å²) in [6.07, 6.45) is 3.78. The second-order valence-corrected chi connectivity index (χ2v) is 4.80. The molecule has 1 saturated carbocycles. The van der Waals surface area contributed by atoms with Gasteiger partial charge in [-0.25, -0.2) is 0 Å². The van der Waals surface area contributed by atoms with Crippen molar-refractivity contribution in [3.05, 3.63) is 29.3 Å². The largest absolute Gasteiger partial charge is 0.383 e. The molecule has 2 nitrogen and oxygen atoms in total. The summed E-state index contributed by atoms with van der Waals surface area (Å²) in [4.78, 5) is 0. The first-order chi connectivity index (χ1) is 7.26. The monoisotopic (exact) mass is 224 g/mol. The van der Waals surface area contributed by atoms with Gasteiger partial charge in [-0.1, -0.05) is 30.2 Å². The summed E-state index contributed by atoms with van der Waals surface area (Å²) in [6.45, 7) is 1.71. The van der Waals surface area contributed by atoms with Crippen molar-refractivity contribution in [1.82, 2.24) is 0 Å². The number of benzene rings is 1. The average Bonchev–Trinajstić information content (AvgIpc) is 2.19. The van der Waals surface area contributed by atoms with Gasteiger partial charge in [-0.2, -0.15) is 0 Å². The molecule has 1 aliphatic rings. The van der Waals surface area contributed by atoms with Crippen LogP contribution < -0.4 is 11.1 Å². The van der Waals surface area contributed by atoms with E-state index >= 15 is 0 Å². The zero-order chi connectivity index (χ0) is 10.7. The summed E-state index contributed by atoms with van der Waals surface area (Å²) in [6, 6.07) is 7.84. The van der Waals surface area contributed by atoms with E-state index < -0.39 is 0 Å². The highest BCUT2D eigenvalue weighted by Gasteiger charge is 2.35. The van der Waals surface area contributed by atoms with Gasteiger partial charge in [-0.05, 0) is 36.9 Å². The smallest absolute Gasteiger partial charge is 0.0637 e. The second kappa shape index (κ2) is 4.42. The van der Waals surface area contributed by atoms with Crippen LogP contribution in [0.2, 0.25) is 5.02 Å². The Bertz CT molecular complexity index is 329. The highest BCUT2D eigenvalue weighted by atomic mass is 35.5. The number of anilines is 1. The van der Waals surface area contributed by atoms with Gasteiger partial charge in [0.15, 0.2) is 0 Å². The van der Waals surface area contributed by atoms with E-state index in [9.17, 15) is 0 Å². The van der Waals surface area contributed by atoms with Crippen LogP contribution in [0.3, 0.4) is 0 Å². The standard InChI is InChI=1S/C12H17ClN2/c13-10-4-1-2-5-11(10)15-9-12(8-14)6-3-7-12/h1-2,4-5,15H,3,6-9,14H2. The third-order valence-corrected chi connectivity index (χ3v) is 3.70. The lowest BCUT2D eigenvalue weighted by atomic mass is 9.69. The van der Waals surface area contributed by atoms with E-state index in [0.717, 1.165) is 23.8 Å². The summed E-state index contributed by atoms with van der Waals surface area (Å²) in [5, 5.41) is 4.18. The van der Waals surface area contributed by atoms with E-state index in [-0.39, 0.29) is 0 Å². The molecular weight excluding hydrogens is 208 g/mol. The fourth-order valence-corrected chi connectivity index (χ4v) is 2.22. The van der Waals surface area contributed by atoms with Crippen LogP contribution in [0.1, 0.15) is 19.3 Å². The zero-order valence-corrected chi connectivity index (χ0v) is 9.56. The quantitative estimate of drug-likeness (QED) is 0.826. The van der Waals surface area contributed by atoms with Crippen molar-refractivity contribution in [2.45, 2.75) is 19.3 Å². The minimum Gasteiger partial charge on any atom is -0.383 e. The number of hydrogen-bond donors (Lipinski definition) is 2. The lowest BCUT2D eigenvalue weighted by molar-refractivity contribution is 0.163. The Hall–Kier alpha value is -0.730. The molecule has 2 rings (SSSR count). The SMILES string of the molecule is NCC1(CNc2ccccc2Cl)CCC1. The number of hydrogen-bond acceptors (Lipinski definition) is 2. The maximum Gasteiger partial charge on any atom is 0.0637 e. The molecule has 1 fully saturated rings. The molecule has 0 saturated heterocycles. The van der Waals surface area contributed by atoms with E-state index in [1.807, 2.05) is 24.3 Å². The topological polar surface area (TPSA) is 38.0 Å². The Labute approximate surface area is 95.8 Å². The first kappa shape index (κ1) is 10.8. The van der Waals surface area contributed by atoms with Crippen molar-refractivity contribution in [1.29, 1.82) is 0 Å². The molecule has 0 aliphatic heterocycles. The first-order valence-corrected chi connectivity index (χ1v) is 5.82. The van der Waals surface area contributed by atoms with Gasteiger partial charge >= 0.3 is 0 Å². The molecule has 0 amide bonds. The molecule has 0 radical (unpaired) electrons. The predicted molar refractivity (Wildman–Crippen MR) is 65.3 cm³/mol. The molecule has 3 N–H and O–H groups in total. The fraction of sp³-hybridized carbons (Fsp3) is 0.500. The first-order valence-electron chi connectivity index (χ1n) is 5.44. The van der Waals surface area contributed by atoms with E-state index in [0.29, 0.717) is 5.41 Å². The molecule has 3 heteroatoms. The van der Waals surface area contributed by atoms with Gasteiger partial charge in [-0.3, -0.25) is 0 Å². The van der Waals surface area contributed by atoms with Crippen LogP contribution in [0.4, 0.5) is 5.69 Å². The predicted octanol–water partition coefficient (Wildman–Crippen LogP) is 2.88. The summed E-state index contributed by atoms with van der Waals surface area (Å²) >= 11 is 6.06. The van der Waals surface area contributed by atoms with Gasteiger partial charge in [0.1, 0.15) is 0 Å². The normalized spacial score (nSPS) is 18.3. The molecule has 0 spiro atoms. The lowest BCUT2D eigenvalue weighted by Crippen LogP contribution is -2.42. The maximum atomic E-state index is 6.06. The number of nitrogens with two attached hydrogens (primary N) is 1. The van der Waals surface area contributed by atoms with Crippen molar-refractivity contribution in [3.8, 4) is 0 Å². The van der Waals surface area contributed by atoms with E-state index in [1.54, 1.807) is 0 Å². The van der Waals surface area contributed by atoms with Gasteiger partial charge in [0.05, 0.1) is 10.7 Å². The Kier molecular flexibility index (Phi) is 3.17. The number of para-hydroxylation sites is 1. The Morgan fingerprint density at radius 2 is 2.07 bits per heavy atom. The van der Waals surface area contributed by atoms with Crippen LogP contribution in [0, 0.1) is 5.41 Å². The third-order valence-electron chi connectivity index (χ3n) is 3.37. The van der Waals surface area contributed by atoms with Crippen LogP contribution in [0.25, 0.3) is 0 Å². The van der Waals surface area contributed by atoms with E-state index in [2.05, 4.69) is 5.32 Å². The van der Waals surface area contributed by atoms with Crippen LogP contribution in [0.5, 0.6) is 0 Å². The number of halogens is 1. The van der Waals surface area contributed by atoms with E-state index in [4.69, 9.17) is 17.3 Å². The zero-order valence-electron chi connectivity index (χ0n) is 8.80. The van der Waals surface area contributed by atoms with Crippen molar-refractivity contribution in [2.24, 2.45) is 11.1 Å². The van der Waals surface area contributed by atoms with Crippen LogP contribution in [-0.2, 0) is 0 Å². The second-order valence-electron chi connectivity index (χ2n) is 4.39. The molecule has 1 aromatic rings. The van der Waals surface area contributed by atoms with Gasteiger partial charge in [0.2, 0.25) is 0 Å². The minimum atomic E-state index is 0.319. The maximum absolute atomic E-state index is 6.06. The summed E-state index contributed by atoms with van der Waals surface area (Å²) in [5.41, 5.74) is 7.13. The van der Waals surface area contributed by atoms with Crippen LogP contribution >= 0.6 is 11.6 Å². The van der Waals surface area contributed by atoms with E-state index in [1.165, 1.54) is 19.3 Å². The summed E-state index contributed by atoms with van der Waals surface area (Å²) in [7, 11) is 0. The van der Waals surface area contributed by atoms with Gasteiger partial charge in [-0.15, -0.1) is 0 Å². The van der Waals surface area contributed by atoms with Crippen LogP contribution in [-0.4, -0.2) is 13.1 Å². The Balaban J connectivity index is 1.95. The van der Waals surface area contributed by atoms with Crippen LogP contribution in [0.15, 0.2) is 24.3 Å². The molecule has 1 aromatic carbocycles. The Morgan fingerprint density at radius 3 is 2.60 bits per heavy atom. The minimum absolute atomic E-state index is 0.319. The van der Waals surface area contributed by atoms with Crippen molar-refractivity contribution in [2.75, 3.05) is 18.4 Å². The lowest BCUT2D eigenvalue weighted by Gasteiger charge is -2.41.